The molecule has 5 nitrogen and oxygen atoms in total. The minimum absolute atomic E-state index is 0.141. The van der Waals surface area contributed by atoms with Crippen LogP contribution in [0.5, 0.6) is 0 Å². The zero-order valence-electron chi connectivity index (χ0n) is 12.5. The Labute approximate surface area is 130 Å². The molecule has 0 radical (unpaired) electrons. The van der Waals surface area contributed by atoms with E-state index in [1.165, 1.54) is 6.20 Å². The van der Waals surface area contributed by atoms with Crippen LogP contribution in [0.2, 0.25) is 5.02 Å². The van der Waals surface area contributed by atoms with Crippen molar-refractivity contribution in [2.75, 3.05) is 6.54 Å². The Morgan fingerprint density at radius 1 is 1.52 bits per heavy atom. The van der Waals surface area contributed by atoms with Crippen molar-refractivity contribution in [3.63, 3.8) is 0 Å². The van der Waals surface area contributed by atoms with E-state index in [2.05, 4.69) is 15.3 Å². The second-order valence-corrected chi connectivity index (χ2v) is 6.38. The Hall–Kier alpha value is -1.20. The highest BCUT2D eigenvalue weighted by molar-refractivity contribution is 6.33. The van der Waals surface area contributed by atoms with Gasteiger partial charge in [0.2, 0.25) is 0 Å². The van der Waals surface area contributed by atoms with Crippen LogP contribution in [0, 0.1) is 5.92 Å². The van der Waals surface area contributed by atoms with Crippen molar-refractivity contribution in [3.8, 4) is 0 Å². The summed E-state index contributed by atoms with van der Waals surface area (Å²) >= 11 is 6.01. The lowest BCUT2D eigenvalue weighted by Crippen LogP contribution is -2.33. The largest absolute Gasteiger partial charge is 0.393 e. The molecule has 6 heteroatoms. The van der Waals surface area contributed by atoms with Crippen molar-refractivity contribution in [2.45, 2.75) is 51.6 Å². The summed E-state index contributed by atoms with van der Waals surface area (Å²) < 4.78 is 0. The van der Waals surface area contributed by atoms with E-state index in [0.29, 0.717) is 18.3 Å². The van der Waals surface area contributed by atoms with E-state index in [-0.39, 0.29) is 28.6 Å². The summed E-state index contributed by atoms with van der Waals surface area (Å²) in [6.07, 6.45) is 4.88. The molecule has 2 atom stereocenters. The predicted octanol–water partition coefficient (Wildman–Crippen LogP) is 2.53. The number of carbonyl (C=O) groups is 1. The third kappa shape index (κ3) is 4.38. The molecule has 0 saturated heterocycles. The smallest absolute Gasteiger partial charge is 0.271 e. The lowest BCUT2D eigenvalue weighted by Gasteiger charge is -2.25. The van der Waals surface area contributed by atoms with Crippen LogP contribution in [-0.4, -0.2) is 33.6 Å². The van der Waals surface area contributed by atoms with Gasteiger partial charge in [-0.2, -0.15) is 0 Å². The maximum Gasteiger partial charge on any atom is 0.271 e. The highest BCUT2D eigenvalue weighted by Gasteiger charge is 2.22. The van der Waals surface area contributed by atoms with Gasteiger partial charge in [0.1, 0.15) is 11.5 Å². The normalized spacial score (nSPS) is 22.3. The molecule has 116 valence electrons. The van der Waals surface area contributed by atoms with E-state index in [1.54, 1.807) is 0 Å². The van der Waals surface area contributed by atoms with E-state index >= 15 is 0 Å². The Morgan fingerprint density at radius 2 is 2.29 bits per heavy atom. The number of amides is 1. The summed E-state index contributed by atoms with van der Waals surface area (Å²) in [4.78, 5) is 20.6. The van der Waals surface area contributed by atoms with Crippen LogP contribution in [-0.2, 0) is 0 Å². The molecule has 0 aromatic carbocycles. The topological polar surface area (TPSA) is 75.1 Å². The number of aromatic nitrogens is 2. The number of rotatable bonds is 4. The molecule has 0 bridgehead atoms. The first-order chi connectivity index (χ1) is 9.97. The van der Waals surface area contributed by atoms with Gasteiger partial charge in [-0.3, -0.25) is 4.79 Å². The monoisotopic (exact) mass is 311 g/mol. The van der Waals surface area contributed by atoms with E-state index in [9.17, 15) is 9.90 Å². The second-order valence-electron chi connectivity index (χ2n) is 5.98. The zero-order chi connectivity index (χ0) is 15.4. The molecule has 2 unspecified atom stereocenters. The number of halogens is 1. The van der Waals surface area contributed by atoms with Crippen LogP contribution in [0.15, 0.2) is 6.20 Å². The molecule has 0 aliphatic heterocycles. The van der Waals surface area contributed by atoms with Crippen LogP contribution >= 0.6 is 11.6 Å². The van der Waals surface area contributed by atoms with Crippen molar-refractivity contribution >= 4 is 17.5 Å². The first-order valence-corrected chi connectivity index (χ1v) is 7.84. The molecule has 1 aliphatic rings. The zero-order valence-corrected chi connectivity index (χ0v) is 13.2. The number of nitrogens with one attached hydrogen (secondary N) is 1. The number of aliphatic hydroxyl groups is 1. The van der Waals surface area contributed by atoms with Gasteiger partial charge in [-0.15, -0.1) is 0 Å². The molecule has 21 heavy (non-hydrogen) atoms. The van der Waals surface area contributed by atoms with Crippen molar-refractivity contribution < 1.29 is 9.90 Å². The molecule has 1 aliphatic carbocycles. The molecular weight excluding hydrogens is 290 g/mol. The van der Waals surface area contributed by atoms with Crippen molar-refractivity contribution in [1.82, 2.24) is 15.3 Å². The predicted molar refractivity (Wildman–Crippen MR) is 81.4 cm³/mol. The van der Waals surface area contributed by atoms with Crippen LogP contribution in [0.3, 0.4) is 0 Å². The summed E-state index contributed by atoms with van der Waals surface area (Å²) in [5.41, 5.74) is 0.228. The minimum atomic E-state index is -0.274. The van der Waals surface area contributed by atoms with Gasteiger partial charge >= 0.3 is 0 Å². The first-order valence-electron chi connectivity index (χ1n) is 7.46. The Balaban J connectivity index is 1.98. The van der Waals surface area contributed by atoms with Gasteiger partial charge in [0.15, 0.2) is 0 Å². The van der Waals surface area contributed by atoms with Gasteiger partial charge in [0.05, 0.1) is 17.3 Å². The number of aliphatic hydroxyl groups excluding tert-OH is 1. The fourth-order valence-electron chi connectivity index (χ4n) is 2.59. The van der Waals surface area contributed by atoms with Crippen LogP contribution < -0.4 is 5.32 Å². The van der Waals surface area contributed by atoms with E-state index < -0.39 is 0 Å². The van der Waals surface area contributed by atoms with Crippen LogP contribution in [0.25, 0.3) is 0 Å². The Kier molecular flexibility index (Phi) is 5.53. The molecule has 1 amide bonds. The number of carbonyl (C=O) groups excluding carboxylic acids is 1. The van der Waals surface area contributed by atoms with Gasteiger partial charge < -0.3 is 10.4 Å². The van der Waals surface area contributed by atoms with Gasteiger partial charge in [-0.05, 0) is 25.2 Å². The molecule has 1 aromatic rings. The van der Waals surface area contributed by atoms with Gasteiger partial charge in [-0.1, -0.05) is 31.9 Å². The summed E-state index contributed by atoms with van der Waals surface area (Å²) in [6, 6.07) is 0. The van der Waals surface area contributed by atoms with Crippen LogP contribution in [0.4, 0.5) is 0 Å². The average Bonchev–Trinajstić information content (AvgIpc) is 2.45. The fraction of sp³-hybridized carbons (Fsp3) is 0.667. The molecule has 2 N–H and O–H groups in total. The van der Waals surface area contributed by atoms with Crippen molar-refractivity contribution in [2.24, 2.45) is 5.92 Å². The summed E-state index contributed by atoms with van der Waals surface area (Å²) in [5, 5.41) is 12.8. The van der Waals surface area contributed by atoms with Crippen molar-refractivity contribution in [3.05, 3.63) is 22.7 Å². The lowest BCUT2D eigenvalue weighted by molar-refractivity contribution is 0.0870. The second kappa shape index (κ2) is 7.18. The standard InChI is InChI=1S/C15H22ClN3O2/c1-9(2)14-17-8-12(16)13(19-14)15(21)18-7-10-4-3-5-11(20)6-10/h8-11,20H,3-7H2,1-2H3,(H,18,21). The maximum absolute atomic E-state index is 12.2. The first kappa shape index (κ1) is 16.2. The number of hydrogen-bond donors (Lipinski definition) is 2. The quantitative estimate of drug-likeness (QED) is 0.896. The summed E-state index contributed by atoms with van der Waals surface area (Å²) in [7, 11) is 0. The van der Waals surface area contributed by atoms with Gasteiger partial charge in [0.25, 0.3) is 5.91 Å². The third-order valence-electron chi connectivity index (χ3n) is 3.80. The molecule has 1 heterocycles. The average molecular weight is 312 g/mol. The molecule has 2 rings (SSSR count). The molecule has 1 saturated carbocycles. The SMILES string of the molecule is CC(C)c1ncc(Cl)c(C(=O)NCC2CCCC(O)C2)n1. The van der Waals surface area contributed by atoms with Crippen LogP contribution in [0.1, 0.15) is 61.8 Å². The molecule has 1 aromatic heterocycles. The fourth-order valence-corrected chi connectivity index (χ4v) is 2.76. The molecule has 1 fully saturated rings. The number of nitrogens with zero attached hydrogens (tertiary/aromatic N) is 2. The van der Waals surface area contributed by atoms with Gasteiger partial charge in [0, 0.05) is 12.5 Å². The minimum Gasteiger partial charge on any atom is -0.393 e. The molecular formula is C15H22ClN3O2. The Bertz CT molecular complexity index is 508. The third-order valence-corrected chi connectivity index (χ3v) is 4.08. The highest BCUT2D eigenvalue weighted by atomic mass is 35.5. The molecule has 0 spiro atoms. The van der Waals surface area contributed by atoms with E-state index in [4.69, 9.17) is 11.6 Å². The Morgan fingerprint density at radius 3 is 2.95 bits per heavy atom. The summed E-state index contributed by atoms with van der Waals surface area (Å²) in [6.45, 7) is 4.48. The van der Waals surface area contributed by atoms with E-state index in [0.717, 1.165) is 25.7 Å². The van der Waals surface area contributed by atoms with Gasteiger partial charge in [-0.25, -0.2) is 9.97 Å². The summed E-state index contributed by atoms with van der Waals surface area (Å²) in [5.74, 6) is 0.798. The lowest BCUT2D eigenvalue weighted by atomic mass is 9.87. The van der Waals surface area contributed by atoms with E-state index in [1.807, 2.05) is 13.8 Å². The van der Waals surface area contributed by atoms with Crippen molar-refractivity contribution in [1.29, 1.82) is 0 Å². The number of hydrogen-bond acceptors (Lipinski definition) is 4. The maximum atomic E-state index is 12.2. The highest BCUT2D eigenvalue weighted by Crippen LogP contribution is 2.23.